The van der Waals surface area contributed by atoms with Crippen LogP contribution in [0.3, 0.4) is 0 Å². The molecule has 1 heterocycles. The first-order valence-corrected chi connectivity index (χ1v) is 2.86. The van der Waals surface area contributed by atoms with Crippen molar-refractivity contribution in [1.29, 1.82) is 0 Å². The maximum absolute atomic E-state index is 5.70. The number of nitrogens with zero attached hydrogens (tertiary/aromatic N) is 2. The van der Waals surface area contributed by atoms with Crippen molar-refractivity contribution in [3.05, 3.63) is 11.4 Å². The number of halogens is 2. The largest absolute Gasteiger partial charge is 0.360 e. The van der Waals surface area contributed by atoms with Crippen LogP contribution in [0.25, 0.3) is 0 Å². The summed E-state index contributed by atoms with van der Waals surface area (Å²) in [6.45, 7) is 0.902. The van der Waals surface area contributed by atoms with Crippen LogP contribution in [-0.4, -0.2) is 30.6 Å². The van der Waals surface area contributed by atoms with Gasteiger partial charge in [0.05, 0.1) is 6.67 Å². The van der Waals surface area contributed by atoms with Crippen LogP contribution in [0.4, 0.5) is 0 Å². The second kappa shape index (κ2) is 3.18. The Morgan fingerprint density at radius 1 is 1.56 bits per heavy atom. The molecule has 0 radical (unpaired) electrons. The van der Waals surface area contributed by atoms with Gasteiger partial charge in [0.2, 0.25) is 0 Å². The first kappa shape index (κ1) is 8.92. The molecule has 1 rings (SSSR count). The Bertz CT molecular complexity index is 124. The summed E-state index contributed by atoms with van der Waals surface area (Å²) in [7, 11) is 3.95. The third-order valence-electron chi connectivity index (χ3n) is 1.13. The molecule has 0 amide bonds. The van der Waals surface area contributed by atoms with Gasteiger partial charge in [-0.15, -0.1) is 12.4 Å². The standard InChI is InChI=1S/C5H9ClN2.ClH/c1-7-3-5(6)8(2)4-7;/h3H,4H2,1-2H3;1H. The van der Waals surface area contributed by atoms with Crippen LogP contribution in [-0.2, 0) is 0 Å². The summed E-state index contributed by atoms with van der Waals surface area (Å²) < 4.78 is 0. The van der Waals surface area contributed by atoms with E-state index in [2.05, 4.69) is 0 Å². The zero-order chi connectivity index (χ0) is 6.15. The summed E-state index contributed by atoms with van der Waals surface area (Å²) in [5.41, 5.74) is 0. The number of rotatable bonds is 0. The van der Waals surface area contributed by atoms with Crippen molar-refractivity contribution < 1.29 is 0 Å². The Morgan fingerprint density at radius 3 is 2.22 bits per heavy atom. The minimum atomic E-state index is 0. The smallest absolute Gasteiger partial charge is 0.122 e. The van der Waals surface area contributed by atoms with Gasteiger partial charge in [0, 0.05) is 20.3 Å². The molecule has 54 valence electrons. The molecule has 0 aromatic carbocycles. The fraction of sp³-hybridized carbons (Fsp3) is 0.600. The molecule has 1 aliphatic rings. The van der Waals surface area contributed by atoms with E-state index >= 15 is 0 Å². The average Bonchev–Trinajstić information content (AvgIpc) is 1.85. The molecule has 9 heavy (non-hydrogen) atoms. The summed E-state index contributed by atoms with van der Waals surface area (Å²) in [6, 6.07) is 0. The third kappa shape index (κ3) is 1.95. The molecular formula is C5H10Cl2N2. The van der Waals surface area contributed by atoms with Gasteiger partial charge in [-0.05, 0) is 0 Å². The van der Waals surface area contributed by atoms with Gasteiger partial charge in [0.15, 0.2) is 0 Å². The van der Waals surface area contributed by atoms with E-state index in [4.69, 9.17) is 11.6 Å². The molecule has 0 spiro atoms. The third-order valence-corrected chi connectivity index (χ3v) is 1.51. The zero-order valence-electron chi connectivity index (χ0n) is 5.47. The lowest BCUT2D eigenvalue weighted by Crippen LogP contribution is -2.18. The minimum Gasteiger partial charge on any atom is -0.360 e. The molecule has 0 saturated heterocycles. The van der Waals surface area contributed by atoms with E-state index in [0.29, 0.717) is 0 Å². The van der Waals surface area contributed by atoms with E-state index in [-0.39, 0.29) is 12.4 Å². The molecule has 0 aliphatic carbocycles. The Labute approximate surface area is 66.5 Å². The highest BCUT2D eigenvalue weighted by molar-refractivity contribution is 6.29. The van der Waals surface area contributed by atoms with Crippen LogP contribution < -0.4 is 0 Å². The van der Waals surface area contributed by atoms with E-state index in [1.807, 2.05) is 30.1 Å². The maximum Gasteiger partial charge on any atom is 0.122 e. The molecule has 1 aliphatic heterocycles. The highest BCUT2D eigenvalue weighted by Gasteiger charge is 2.10. The van der Waals surface area contributed by atoms with E-state index < -0.39 is 0 Å². The molecule has 0 bridgehead atoms. The Hall–Kier alpha value is -0.0800. The summed E-state index contributed by atoms with van der Waals surface area (Å²) in [4.78, 5) is 4.00. The summed E-state index contributed by atoms with van der Waals surface area (Å²) in [5.74, 6) is 0. The highest BCUT2D eigenvalue weighted by atomic mass is 35.5. The summed E-state index contributed by atoms with van der Waals surface area (Å²) in [5, 5.41) is 0.813. The quantitative estimate of drug-likeness (QED) is 0.504. The first-order chi connectivity index (χ1) is 3.70. The van der Waals surface area contributed by atoms with Crippen LogP contribution in [0.15, 0.2) is 11.4 Å². The predicted octanol–water partition coefficient (Wildman–Crippen LogP) is 1.28. The van der Waals surface area contributed by atoms with E-state index in [1.54, 1.807) is 0 Å². The fourth-order valence-electron chi connectivity index (χ4n) is 0.723. The highest BCUT2D eigenvalue weighted by Crippen LogP contribution is 2.14. The maximum atomic E-state index is 5.70. The number of hydrogen-bond acceptors (Lipinski definition) is 2. The average molecular weight is 169 g/mol. The predicted molar refractivity (Wildman–Crippen MR) is 41.6 cm³/mol. The van der Waals surface area contributed by atoms with Crippen LogP contribution >= 0.6 is 24.0 Å². The van der Waals surface area contributed by atoms with Gasteiger partial charge >= 0.3 is 0 Å². The van der Waals surface area contributed by atoms with Crippen molar-refractivity contribution in [2.75, 3.05) is 20.8 Å². The lowest BCUT2D eigenvalue weighted by molar-refractivity contribution is 0.335. The van der Waals surface area contributed by atoms with Gasteiger partial charge in [-0.3, -0.25) is 0 Å². The van der Waals surface area contributed by atoms with E-state index in [0.717, 1.165) is 11.8 Å². The second-order valence-corrected chi connectivity index (χ2v) is 2.44. The molecule has 0 aromatic rings. The summed E-state index contributed by atoms with van der Waals surface area (Å²) in [6.07, 6.45) is 1.90. The van der Waals surface area contributed by atoms with Crippen LogP contribution in [0.5, 0.6) is 0 Å². The van der Waals surface area contributed by atoms with Crippen LogP contribution in [0.2, 0.25) is 0 Å². The second-order valence-electron chi connectivity index (χ2n) is 2.05. The molecule has 0 unspecified atom stereocenters. The first-order valence-electron chi connectivity index (χ1n) is 2.49. The molecule has 0 atom stereocenters. The van der Waals surface area contributed by atoms with Crippen molar-refractivity contribution in [2.24, 2.45) is 0 Å². The fourth-order valence-corrected chi connectivity index (χ4v) is 0.943. The lowest BCUT2D eigenvalue weighted by atomic mass is 10.8. The van der Waals surface area contributed by atoms with Crippen LogP contribution in [0, 0.1) is 0 Å². The van der Waals surface area contributed by atoms with Crippen LogP contribution in [0.1, 0.15) is 0 Å². The van der Waals surface area contributed by atoms with Gasteiger partial charge in [-0.2, -0.15) is 0 Å². The molecule has 0 N–H and O–H groups in total. The van der Waals surface area contributed by atoms with Crippen molar-refractivity contribution in [1.82, 2.24) is 9.80 Å². The van der Waals surface area contributed by atoms with Crippen molar-refractivity contribution >= 4 is 24.0 Å². The zero-order valence-corrected chi connectivity index (χ0v) is 7.04. The van der Waals surface area contributed by atoms with Crippen molar-refractivity contribution in [3.63, 3.8) is 0 Å². The minimum absolute atomic E-state index is 0. The monoisotopic (exact) mass is 168 g/mol. The van der Waals surface area contributed by atoms with E-state index in [1.165, 1.54) is 0 Å². The van der Waals surface area contributed by atoms with Gasteiger partial charge in [0.25, 0.3) is 0 Å². The SMILES string of the molecule is CN1C=C(Cl)N(C)C1.Cl. The number of hydrogen-bond donors (Lipinski definition) is 0. The molecule has 0 saturated carbocycles. The topological polar surface area (TPSA) is 6.48 Å². The van der Waals surface area contributed by atoms with E-state index in [9.17, 15) is 0 Å². The van der Waals surface area contributed by atoms with Gasteiger partial charge in [-0.1, -0.05) is 11.6 Å². The molecule has 4 heteroatoms. The molecule has 0 fully saturated rings. The molecule has 0 aromatic heterocycles. The Kier molecular flexibility index (Phi) is 3.15. The Balaban J connectivity index is 0.000000640. The van der Waals surface area contributed by atoms with Gasteiger partial charge in [-0.25, -0.2) is 0 Å². The van der Waals surface area contributed by atoms with Crippen molar-refractivity contribution in [3.8, 4) is 0 Å². The van der Waals surface area contributed by atoms with Gasteiger partial charge < -0.3 is 9.80 Å². The molecule has 2 nitrogen and oxygen atoms in total. The summed E-state index contributed by atoms with van der Waals surface area (Å²) >= 11 is 5.70. The normalized spacial score (nSPS) is 17.4. The lowest BCUT2D eigenvalue weighted by Gasteiger charge is -2.12. The Morgan fingerprint density at radius 2 is 2.11 bits per heavy atom. The molecular weight excluding hydrogens is 159 g/mol. The van der Waals surface area contributed by atoms with Gasteiger partial charge in [0.1, 0.15) is 5.16 Å². The van der Waals surface area contributed by atoms with Crippen molar-refractivity contribution in [2.45, 2.75) is 0 Å².